The number of carbonyl (C=O) groups excluding carboxylic acids is 1. The summed E-state index contributed by atoms with van der Waals surface area (Å²) in [6.07, 6.45) is 0. The largest absolute Gasteiger partial charge is 0.495 e. The van der Waals surface area contributed by atoms with Gasteiger partial charge in [-0.2, -0.15) is 0 Å². The van der Waals surface area contributed by atoms with Gasteiger partial charge in [-0.05, 0) is 45.4 Å². The number of hydrogen-bond acceptors (Lipinski definition) is 3. The number of hydrogen-bond donors (Lipinski definition) is 1. The SMILES string of the molecule is COc1cc(Br)cc(C)c1NC(=O)COC(C)(C)C. The van der Waals surface area contributed by atoms with Crippen molar-refractivity contribution in [3.63, 3.8) is 0 Å². The number of benzene rings is 1. The topological polar surface area (TPSA) is 47.6 Å². The van der Waals surface area contributed by atoms with Gasteiger partial charge in [-0.1, -0.05) is 15.9 Å². The van der Waals surface area contributed by atoms with Crippen LogP contribution in [0.5, 0.6) is 5.75 Å². The van der Waals surface area contributed by atoms with E-state index < -0.39 is 0 Å². The number of amides is 1. The quantitative estimate of drug-likeness (QED) is 0.919. The lowest BCUT2D eigenvalue weighted by Gasteiger charge is -2.20. The molecule has 0 aliphatic heterocycles. The van der Waals surface area contributed by atoms with Crippen molar-refractivity contribution < 1.29 is 14.3 Å². The van der Waals surface area contributed by atoms with Crippen LogP contribution >= 0.6 is 15.9 Å². The van der Waals surface area contributed by atoms with E-state index in [-0.39, 0.29) is 18.1 Å². The zero-order valence-corrected chi connectivity index (χ0v) is 13.6. The maximum Gasteiger partial charge on any atom is 0.250 e. The Kier molecular flexibility index (Phi) is 5.38. The summed E-state index contributed by atoms with van der Waals surface area (Å²) < 4.78 is 11.6. The maximum atomic E-state index is 11.9. The van der Waals surface area contributed by atoms with Gasteiger partial charge in [0.1, 0.15) is 12.4 Å². The molecule has 1 rings (SSSR count). The molecular formula is C14H20BrNO3. The molecule has 0 atom stereocenters. The van der Waals surface area contributed by atoms with Gasteiger partial charge in [0, 0.05) is 4.47 Å². The highest BCUT2D eigenvalue weighted by Crippen LogP contribution is 2.32. The van der Waals surface area contributed by atoms with Crippen LogP contribution in [0, 0.1) is 6.92 Å². The van der Waals surface area contributed by atoms with Crippen LogP contribution < -0.4 is 10.1 Å². The van der Waals surface area contributed by atoms with Crippen LogP contribution in [-0.2, 0) is 9.53 Å². The molecule has 0 radical (unpaired) electrons. The van der Waals surface area contributed by atoms with E-state index in [0.717, 1.165) is 10.0 Å². The molecule has 0 fully saturated rings. The van der Waals surface area contributed by atoms with E-state index in [1.54, 1.807) is 7.11 Å². The molecule has 0 unspecified atom stereocenters. The van der Waals surface area contributed by atoms with Gasteiger partial charge in [0.05, 0.1) is 18.4 Å². The van der Waals surface area contributed by atoms with Crippen LogP contribution in [0.3, 0.4) is 0 Å². The molecule has 0 saturated carbocycles. The summed E-state index contributed by atoms with van der Waals surface area (Å²) in [5, 5.41) is 2.82. The third-order valence-electron chi connectivity index (χ3n) is 2.38. The molecule has 0 bridgehead atoms. The van der Waals surface area contributed by atoms with Crippen molar-refractivity contribution in [3.05, 3.63) is 22.2 Å². The first-order chi connectivity index (χ1) is 8.73. The Labute approximate surface area is 122 Å². The summed E-state index contributed by atoms with van der Waals surface area (Å²) in [4.78, 5) is 11.9. The third-order valence-corrected chi connectivity index (χ3v) is 2.84. The molecule has 5 heteroatoms. The average Bonchev–Trinajstić information content (AvgIpc) is 2.28. The lowest BCUT2D eigenvalue weighted by Crippen LogP contribution is -2.27. The first kappa shape index (κ1) is 16.0. The van der Waals surface area contributed by atoms with Crippen LogP contribution in [0.25, 0.3) is 0 Å². The fraction of sp³-hybridized carbons (Fsp3) is 0.500. The molecule has 0 spiro atoms. The Balaban J connectivity index is 2.79. The fourth-order valence-electron chi connectivity index (χ4n) is 1.49. The van der Waals surface area contributed by atoms with Crippen molar-refractivity contribution in [2.75, 3.05) is 19.0 Å². The highest BCUT2D eigenvalue weighted by molar-refractivity contribution is 9.10. The summed E-state index contributed by atoms with van der Waals surface area (Å²) >= 11 is 3.39. The van der Waals surface area contributed by atoms with E-state index in [1.165, 1.54) is 0 Å². The van der Waals surface area contributed by atoms with E-state index in [1.807, 2.05) is 39.8 Å². The summed E-state index contributed by atoms with van der Waals surface area (Å²) in [6.45, 7) is 7.65. The molecule has 1 amide bonds. The molecule has 0 aliphatic rings. The monoisotopic (exact) mass is 329 g/mol. The Hall–Kier alpha value is -1.07. The van der Waals surface area contributed by atoms with Gasteiger partial charge in [0.2, 0.25) is 0 Å². The molecule has 0 heterocycles. The normalized spacial score (nSPS) is 11.3. The maximum absolute atomic E-state index is 11.9. The molecule has 0 aromatic heterocycles. The van der Waals surface area contributed by atoms with E-state index in [9.17, 15) is 4.79 Å². The van der Waals surface area contributed by atoms with Crippen LogP contribution in [0.4, 0.5) is 5.69 Å². The van der Waals surface area contributed by atoms with Crippen LogP contribution in [0.2, 0.25) is 0 Å². The lowest BCUT2D eigenvalue weighted by atomic mass is 10.2. The summed E-state index contributed by atoms with van der Waals surface area (Å²) in [6, 6.07) is 3.73. The highest BCUT2D eigenvalue weighted by atomic mass is 79.9. The predicted octanol–water partition coefficient (Wildman–Crippen LogP) is 3.52. The molecule has 1 aromatic rings. The highest BCUT2D eigenvalue weighted by Gasteiger charge is 2.15. The molecule has 4 nitrogen and oxygen atoms in total. The van der Waals surface area contributed by atoms with E-state index in [2.05, 4.69) is 21.2 Å². The van der Waals surface area contributed by atoms with Gasteiger partial charge in [0.25, 0.3) is 5.91 Å². The summed E-state index contributed by atoms with van der Waals surface area (Å²) in [5.74, 6) is 0.426. The second-order valence-electron chi connectivity index (χ2n) is 5.25. The number of halogens is 1. The zero-order chi connectivity index (χ0) is 14.6. The summed E-state index contributed by atoms with van der Waals surface area (Å²) in [7, 11) is 1.57. The van der Waals surface area contributed by atoms with E-state index in [4.69, 9.17) is 9.47 Å². The van der Waals surface area contributed by atoms with Crippen molar-refractivity contribution in [2.45, 2.75) is 33.3 Å². The number of rotatable bonds is 4. The van der Waals surface area contributed by atoms with Gasteiger partial charge in [-0.25, -0.2) is 0 Å². The van der Waals surface area contributed by atoms with Gasteiger partial charge in [-0.15, -0.1) is 0 Å². The standard InChI is InChI=1S/C14H20BrNO3/c1-9-6-10(15)7-11(18-5)13(9)16-12(17)8-19-14(2,3)4/h6-7H,8H2,1-5H3,(H,16,17). The third kappa shape index (κ3) is 5.20. The minimum atomic E-state index is -0.337. The van der Waals surface area contributed by atoms with Gasteiger partial charge >= 0.3 is 0 Å². The molecule has 19 heavy (non-hydrogen) atoms. The number of carbonyl (C=O) groups is 1. The van der Waals surface area contributed by atoms with Crippen molar-refractivity contribution in [3.8, 4) is 5.75 Å². The molecular weight excluding hydrogens is 310 g/mol. The molecule has 0 saturated heterocycles. The molecule has 0 aliphatic carbocycles. The molecule has 1 aromatic carbocycles. The summed E-state index contributed by atoms with van der Waals surface area (Å²) in [5.41, 5.74) is 1.26. The Bertz CT molecular complexity index is 466. The van der Waals surface area contributed by atoms with E-state index in [0.29, 0.717) is 11.4 Å². The second-order valence-corrected chi connectivity index (χ2v) is 6.16. The first-order valence-electron chi connectivity index (χ1n) is 6.01. The van der Waals surface area contributed by atoms with Crippen molar-refractivity contribution in [1.82, 2.24) is 0 Å². The second kappa shape index (κ2) is 6.39. The number of methoxy groups -OCH3 is 1. The van der Waals surface area contributed by atoms with Crippen LogP contribution in [-0.4, -0.2) is 25.2 Å². The number of nitrogens with one attached hydrogen (secondary N) is 1. The van der Waals surface area contributed by atoms with Crippen molar-refractivity contribution >= 4 is 27.5 Å². The van der Waals surface area contributed by atoms with Crippen LogP contribution in [0.15, 0.2) is 16.6 Å². The van der Waals surface area contributed by atoms with Crippen LogP contribution in [0.1, 0.15) is 26.3 Å². The fourth-order valence-corrected chi connectivity index (χ4v) is 2.04. The van der Waals surface area contributed by atoms with Crippen molar-refractivity contribution in [1.29, 1.82) is 0 Å². The zero-order valence-electron chi connectivity index (χ0n) is 12.0. The van der Waals surface area contributed by atoms with Gasteiger partial charge in [0.15, 0.2) is 0 Å². The average molecular weight is 330 g/mol. The Morgan fingerprint density at radius 1 is 1.37 bits per heavy atom. The van der Waals surface area contributed by atoms with E-state index >= 15 is 0 Å². The van der Waals surface area contributed by atoms with Gasteiger partial charge < -0.3 is 14.8 Å². The van der Waals surface area contributed by atoms with Gasteiger partial charge in [-0.3, -0.25) is 4.79 Å². The molecule has 106 valence electrons. The number of ether oxygens (including phenoxy) is 2. The molecule has 1 N–H and O–H groups in total. The minimum Gasteiger partial charge on any atom is -0.495 e. The minimum absolute atomic E-state index is 0.0160. The smallest absolute Gasteiger partial charge is 0.250 e. The predicted molar refractivity (Wildman–Crippen MR) is 79.8 cm³/mol. The Morgan fingerprint density at radius 2 is 2.00 bits per heavy atom. The Morgan fingerprint density at radius 3 is 2.53 bits per heavy atom. The van der Waals surface area contributed by atoms with Crippen molar-refractivity contribution in [2.24, 2.45) is 0 Å². The number of anilines is 1. The lowest BCUT2D eigenvalue weighted by molar-refractivity contribution is -0.125. The first-order valence-corrected chi connectivity index (χ1v) is 6.80. The number of aryl methyl sites for hydroxylation is 1.